The second-order valence-electron chi connectivity index (χ2n) is 3.26. The number of rotatable bonds is 1. The topological polar surface area (TPSA) is 23.8 Å². The lowest BCUT2D eigenvalue weighted by atomic mass is 9.62. The van der Waals surface area contributed by atoms with Gasteiger partial charge in [0.25, 0.3) is 0 Å². The van der Waals surface area contributed by atoms with Crippen LogP contribution in [-0.2, 0) is 0 Å². The summed E-state index contributed by atoms with van der Waals surface area (Å²) in [5.74, 6) is 0.796. The Morgan fingerprint density at radius 3 is 2.33 bits per heavy atom. The highest BCUT2D eigenvalue weighted by Crippen LogP contribution is 2.47. The summed E-state index contributed by atoms with van der Waals surface area (Å²) >= 11 is 0. The fourth-order valence-electron chi connectivity index (χ4n) is 1.73. The van der Waals surface area contributed by atoms with Crippen LogP contribution in [0.3, 0.4) is 0 Å². The van der Waals surface area contributed by atoms with Gasteiger partial charge in [-0.25, -0.2) is 0 Å². The zero-order valence-electron chi connectivity index (χ0n) is 6.15. The molecule has 0 atom stereocenters. The van der Waals surface area contributed by atoms with Crippen LogP contribution in [0.1, 0.15) is 33.1 Å². The highest BCUT2D eigenvalue weighted by Gasteiger charge is 2.40. The molecule has 1 heteroatoms. The lowest BCUT2D eigenvalue weighted by Crippen LogP contribution is -2.33. The van der Waals surface area contributed by atoms with Crippen molar-refractivity contribution in [2.45, 2.75) is 33.1 Å². The SMILES string of the molecule is CC[C@]1(C#N)C[C@@H](C)C1. The van der Waals surface area contributed by atoms with Gasteiger partial charge in [-0.3, -0.25) is 0 Å². The average molecular weight is 123 g/mol. The molecule has 0 aromatic heterocycles. The van der Waals surface area contributed by atoms with Gasteiger partial charge in [-0.2, -0.15) is 5.26 Å². The van der Waals surface area contributed by atoms with E-state index in [9.17, 15) is 0 Å². The van der Waals surface area contributed by atoms with Gasteiger partial charge in [0.1, 0.15) is 0 Å². The van der Waals surface area contributed by atoms with Crippen LogP contribution in [0.2, 0.25) is 0 Å². The molecule has 0 aromatic carbocycles. The summed E-state index contributed by atoms with van der Waals surface area (Å²) in [6.07, 6.45) is 3.29. The van der Waals surface area contributed by atoms with Gasteiger partial charge in [0, 0.05) is 0 Å². The molecule has 0 aromatic rings. The van der Waals surface area contributed by atoms with Crippen LogP contribution >= 0.6 is 0 Å². The Morgan fingerprint density at radius 1 is 1.67 bits per heavy atom. The maximum Gasteiger partial charge on any atom is 0.0689 e. The van der Waals surface area contributed by atoms with Crippen molar-refractivity contribution in [3.8, 4) is 6.07 Å². The Kier molecular flexibility index (Phi) is 1.48. The van der Waals surface area contributed by atoms with Crippen LogP contribution in [0.5, 0.6) is 0 Å². The Balaban J connectivity index is 2.48. The minimum absolute atomic E-state index is 0.0828. The normalized spacial score (nSPS) is 41.2. The van der Waals surface area contributed by atoms with Gasteiger partial charge in [0.15, 0.2) is 0 Å². The first-order valence-corrected chi connectivity index (χ1v) is 3.64. The van der Waals surface area contributed by atoms with E-state index in [1.807, 2.05) is 0 Å². The quantitative estimate of drug-likeness (QED) is 0.525. The second-order valence-corrected chi connectivity index (χ2v) is 3.26. The van der Waals surface area contributed by atoms with Crippen LogP contribution in [0.15, 0.2) is 0 Å². The zero-order valence-corrected chi connectivity index (χ0v) is 6.15. The summed E-state index contributed by atoms with van der Waals surface area (Å²) in [4.78, 5) is 0. The molecule has 1 aliphatic carbocycles. The number of nitriles is 1. The third-order valence-electron chi connectivity index (χ3n) is 2.39. The Labute approximate surface area is 56.7 Å². The van der Waals surface area contributed by atoms with E-state index in [0.29, 0.717) is 0 Å². The molecule has 0 bridgehead atoms. The molecule has 1 saturated carbocycles. The predicted octanol–water partition coefficient (Wildman–Crippen LogP) is 2.34. The molecule has 1 fully saturated rings. The van der Waals surface area contributed by atoms with Crippen molar-refractivity contribution in [2.75, 3.05) is 0 Å². The van der Waals surface area contributed by atoms with E-state index in [0.717, 1.165) is 25.2 Å². The molecule has 0 radical (unpaired) electrons. The Bertz CT molecular complexity index is 137. The lowest BCUT2D eigenvalue weighted by Gasteiger charge is -2.40. The molecule has 1 rings (SSSR count). The summed E-state index contributed by atoms with van der Waals surface area (Å²) in [6, 6.07) is 2.40. The van der Waals surface area contributed by atoms with Crippen LogP contribution in [0, 0.1) is 22.7 Å². The number of hydrogen-bond donors (Lipinski definition) is 0. The highest BCUT2D eigenvalue weighted by molar-refractivity contribution is 5.05. The standard InChI is InChI=1S/C8H13N/c1-3-8(6-9)4-7(2)5-8/h7H,3-5H2,1-2H3/t7-,8+. The number of hydrogen-bond acceptors (Lipinski definition) is 1. The molecule has 0 saturated heterocycles. The predicted molar refractivity (Wildman–Crippen MR) is 36.7 cm³/mol. The van der Waals surface area contributed by atoms with Gasteiger partial charge in [-0.1, -0.05) is 13.8 Å². The first-order valence-electron chi connectivity index (χ1n) is 3.64. The fourth-order valence-corrected chi connectivity index (χ4v) is 1.73. The molecule has 9 heavy (non-hydrogen) atoms. The molecule has 0 aliphatic heterocycles. The van der Waals surface area contributed by atoms with E-state index in [1.54, 1.807) is 0 Å². The van der Waals surface area contributed by atoms with Gasteiger partial charge in [0.05, 0.1) is 11.5 Å². The van der Waals surface area contributed by atoms with Gasteiger partial charge < -0.3 is 0 Å². The fraction of sp³-hybridized carbons (Fsp3) is 0.875. The van der Waals surface area contributed by atoms with Gasteiger partial charge >= 0.3 is 0 Å². The van der Waals surface area contributed by atoms with Crippen LogP contribution in [-0.4, -0.2) is 0 Å². The van der Waals surface area contributed by atoms with Gasteiger partial charge in [-0.15, -0.1) is 0 Å². The highest BCUT2D eigenvalue weighted by atomic mass is 14.5. The van der Waals surface area contributed by atoms with Crippen molar-refractivity contribution < 1.29 is 0 Å². The molecule has 1 nitrogen and oxygen atoms in total. The van der Waals surface area contributed by atoms with Crippen molar-refractivity contribution in [3.05, 3.63) is 0 Å². The van der Waals surface area contributed by atoms with E-state index < -0.39 is 0 Å². The molecule has 0 N–H and O–H groups in total. The molecule has 50 valence electrons. The van der Waals surface area contributed by atoms with Crippen LogP contribution in [0.4, 0.5) is 0 Å². The first kappa shape index (κ1) is 6.61. The van der Waals surface area contributed by atoms with Crippen molar-refractivity contribution in [1.29, 1.82) is 5.26 Å². The monoisotopic (exact) mass is 123 g/mol. The molecule has 0 amide bonds. The Hall–Kier alpha value is -0.510. The van der Waals surface area contributed by atoms with E-state index in [4.69, 9.17) is 5.26 Å². The summed E-state index contributed by atoms with van der Waals surface area (Å²) < 4.78 is 0. The van der Waals surface area contributed by atoms with E-state index in [2.05, 4.69) is 19.9 Å². The minimum Gasteiger partial charge on any atom is -0.198 e. The van der Waals surface area contributed by atoms with Gasteiger partial charge in [0.2, 0.25) is 0 Å². The third-order valence-corrected chi connectivity index (χ3v) is 2.39. The first-order chi connectivity index (χ1) is 4.22. The largest absolute Gasteiger partial charge is 0.198 e. The molecular formula is C8H13N. The van der Waals surface area contributed by atoms with Crippen molar-refractivity contribution in [3.63, 3.8) is 0 Å². The molecule has 1 aliphatic rings. The van der Waals surface area contributed by atoms with Crippen molar-refractivity contribution in [1.82, 2.24) is 0 Å². The summed E-state index contributed by atoms with van der Waals surface area (Å²) in [5, 5.41) is 8.70. The van der Waals surface area contributed by atoms with E-state index >= 15 is 0 Å². The Morgan fingerprint density at radius 2 is 2.22 bits per heavy atom. The maximum atomic E-state index is 8.70. The average Bonchev–Trinajstić information content (AvgIpc) is 1.81. The van der Waals surface area contributed by atoms with E-state index in [-0.39, 0.29) is 5.41 Å². The molecule has 0 heterocycles. The van der Waals surface area contributed by atoms with Gasteiger partial charge in [-0.05, 0) is 25.2 Å². The minimum atomic E-state index is 0.0828. The van der Waals surface area contributed by atoms with Crippen molar-refractivity contribution in [2.24, 2.45) is 11.3 Å². The van der Waals surface area contributed by atoms with E-state index in [1.165, 1.54) is 0 Å². The smallest absolute Gasteiger partial charge is 0.0689 e. The lowest BCUT2D eigenvalue weighted by molar-refractivity contribution is 0.126. The summed E-state index contributed by atoms with van der Waals surface area (Å²) in [7, 11) is 0. The van der Waals surface area contributed by atoms with Crippen LogP contribution in [0.25, 0.3) is 0 Å². The van der Waals surface area contributed by atoms with Crippen LogP contribution < -0.4 is 0 Å². The summed E-state index contributed by atoms with van der Waals surface area (Å²) in [5.41, 5.74) is 0.0828. The zero-order chi connectivity index (χ0) is 6.91. The summed E-state index contributed by atoms with van der Waals surface area (Å²) in [6.45, 7) is 4.32. The molecule has 0 spiro atoms. The third kappa shape index (κ3) is 0.941. The molecular weight excluding hydrogens is 110 g/mol. The maximum absolute atomic E-state index is 8.70. The second kappa shape index (κ2) is 2.02. The number of nitrogens with zero attached hydrogens (tertiary/aromatic N) is 1. The molecule has 0 unspecified atom stereocenters. The van der Waals surface area contributed by atoms with Crippen molar-refractivity contribution >= 4 is 0 Å².